The monoisotopic (exact) mass is 357 g/mol. The Kier molecular flexibility index (Phi) is 5.46. The van der Waals surface area contributed by atoms with E-state index in [0.29, 0.717) is 48.9 Å². The van der Waals surface area contributed by atoms with Crippen LogP contribution in [0.1, 0.15) is 27.3 Å². The minimum absolute atomic E-state index is 0.0386. The van der Waals surface area contributed by atoms with Crippen LogP contribution in [-0.2, 0) is 0 Å². The molecule has 0 radical (unpaired) electrons. The van der Waals surface area contributed by atoms with Crippen molar-refractivity contribution >= 4 is 11.8 Å². The first-order chi connectivity index (χ1) is 12.6. The van der Waals surface area contributed by atoms with Crippen LogP contribution in [0.5, 0.6) is 11.5 Å². The van der Waals surface area contributed by atoms with Crippen LogP contribution in [0.15, 0.2) is 36.5 Å². The molecule has 0 unspecified atom stereocenters. The fourth-order valence-corrected chi connectivity index (χ4v) is 3.11. The van der Waals surface area contributed by atoms with Crippen LogP contribution in [0.3, 0.4) is 0 Å². The van der Waals surface area contributed by atoms with Gasteiger partial charge in [0.15, 0.2) is 0 Å². The van der Waals surface area contributed by atoms with E-state index >= 15 is 0 Å². The SMILES string of the molecule is COc1ccc(OC)c(C(=O)N2CCCN(C(=O)c3ccc[nH]3)CC2)c1. The summed E-state index contributed by atoms with van der Waals surface area (Å²) in [6.07, 6.45) is 2.46. The number of nitrogens with one attached hydrogen (secondary N) is 1. The second-order valence-corrected chi connectivity index (χ2v) is 6.09. The number of aromatic amines is 1. The fourth-order valence-electron chi connectivity index (χ4n) is 3.11. The molecule has 2 aromatic rings. The topological polar surface area (TPSA) is 74.9 Å². The summed E-state index contributed by atoms with van der Waals surface area (Å²) in [7, 11) is 3.10. The Balaban J connectivity index is 1.73. The van der Waals surface area contributed by atoms with E-state index < -0.39 is 0 Å². The molecular weight excluding hydrogens is 334 g/mol. The average Bonchev–Trinajstić information content (AvgIpc) is 3.11. The number of ether oxygens (including phenoxy) is 2. The van der Waals surface area contributed by atoms with E-state index in [-0.39, 0.29) is 11.8 Å². The molecule has 2 amide bonds. The van der Waals surface area contributed by atoms with Crippen LogP contribution in [0.4, 0.5) is 0 Å². The maximum Gasteiger partial charge on any atom is 0.270 e. The summed E-state index contributed by atoms with van der Waals surface area (Å²) in [5, 5.41) is 0. The highest BCUT2D eigenvalue weighted by Gasteiger charge is 2.25. The summed E-state index contributed by atoms with van der Waals surface area (Å²) in [5.74, 6) is 0.963. The molecule has 1 aromatic carbocycles. The van der Waals surface area contributed by atoms with Gasteiger partial charge < -0.3 is 24.3 Å². The quantitative estimate of drug-likeness (QED) is 0.908. The number of benzene rings is 1. The van der Waals surface area contributed by atoms with Gasteiger partial charge in [0.25, 0.3) is 11.8 Å². The van der Waals surface area contributed by atoms with Gasteiger partial charge in [-0.2, -0.15) is 0 Å². The van der Waals surface area contributed by atoms with Gasteiger partial charge in [0.1, 0.15) is 17.2 Å². The van der Waals surface area contributed by atoms with Gasteiger partial charge in [-0.15, -0.1) is 0 Å². The minimum atomic E-state index is -0.116. The smallest absolute Gasteiger partial charge is 0.270 e. The Hall–Kier alpha value is -2.96. The lowest BCUT2D eigenvalue weighted by Crippen LogP contribution is -2.37. The zero-order chi connectivity index (χ0) is 18.5. The molecule has 7 heteroatoms. The number of hydrogen-bond acceptors (Lipinski definition) is 4. The van der Waals surface area contributed by atoms with E-state index in [1.54, 1.807) is 53.4 Å². The molecule has 26 heavy (non-hydrogen) atoms. The van der Waals surface area contributed by atoms with E-state index in [1.807, 2.05) is 0 Å². The maximum atomic E-state index is 13.0. The molecule has 3 rings (SSSR count). The van der Waals surface area contributed by atoms with Gasteiger partial charge in [0.05, 0.1) is 19.8 Å². The van der Waals surface area contributed by atoms with Crippen molar-refractivity contribution in [2.45, 2.75) is 6.42 Å². The summed E-state index contributed by atoms with van der Waals surface area (Å²) >= 11 is 0. The molecule has 138 valence electrons. The number of hydrogen-bond donors (Lipinski definition) is 1. The van der Waals surface area contributed by atoms with Crippen molar-refractivity contribution in [1.82, 2.24) is 14.8 Å². The Morgan fingerprint density at radius 2 is 1.69 bits per heavy atom. The summed E-state index contributed by atoms with van der Waals surface area (Å²) < 4.78 is 10.5. The van der Waals surface area contributed by atoms with Crippen LogP contribution in [0, 0.1) is 0 Å². The standard InChI is InChI=1S/C19H23N3O4/c1-25-14-6-7-17(26-2)15(13-14)18(23)21-9-4-10-22(12-11-21)19(24)16-5-3-8-20-16/h3,5-8,13,20H,4,9-12H2,1-2H3. The van der Waals surface area contributed by atoms with Crippen molar-refractivity contribution in [2.24, 2.45) is 0 Å². The highest BCUT2D eigenvalue weighted by Crippen LogP contribution is 2.25. The highest BCUT2D eigenvalue weighted by molar-refractivity contribution is 5.97. The predicted molar refractivity (Wildman–Crippen MR) is 96.8 cm³/mol. The molecular formula is C19H23N3O4. The van der Waals surface area contributed by atoms with Gasteiger partial charge in [0, 0.05) is 32.4 Å². The summed E-state index contributed by atoms with van der Waals surface area (Å²) in [5.41, 5.74) is 1.04. The van der Waals surface area contributed by atoms with Crippen molar-refractivity contribution in [2.75, 3.05) is 40.4 Å². The Labute approximate surface area is 152 Å². The number of methoxy groups -OCH3 is 2. The number of rotatable bonds is 4. The third-order valence-corrected chi connectivity index (χ3v) is 4.54. The number of aromatic nitrogens is 1. The molecule has 0 saturated carbocycles. The van der Waals surface area contributed by atoms with Crippen LogP contribution < -0.4 is 9.47 Å². The first-order valence-corrected chi connectivity index (χ1v) is 8.58. The number of carbonyl (C=O) groups excluding carboxylic acids is 2. The van der Waals surface area contributed by atoms with Crippen LogP contribution >= 0.6 is 0 Å². The van der Waals surface area contributed by atoms with Crippen LogP contribution in [-0.4, -0.2) is 67.0 Å². The zero-order valence-corrected chi connectivity index (χ0v) is 15.0. The van der Waals surface area contributed by atoms with Gasteiger partial charge in [0.2, 0.25) is 0 Å². The molecule has 0 aliphatic carbocycles. The second kappa shape index (κ2) is 7.95. The van der Waals surface area contributed by atoms with Gasteiger partial charge in [-0.05, 0) is 36.8 Å². The van der Waals surface area contributed by atoms with E-state index in [4.69, 9.17) is 9.47 Å². The second-order valence-electron chi connectivity index (χ2n) is 6.09. The lowest BCUT2D eigenvalue weighted by Gasteiger charge is -2.23. The van der Waals surface area contributed by atoms with Gasteiger partial charge in [-0.25, -0.2) is 0 Å². The molecule has 1 aliphatic heterocycles. The predicted octanol–water partition coefficient (Wildman–Crippen LogP) is 2.02. The van der Waals surface area contributed by atoms with Gasteiger partial charge in [-0.1, -0.05) is 0 Å². The molecule has 1 N–H and O–H groups in total. The number of amides is 2. The fraction of sp³-hybridized carbons (Fsp3) is 0.368. The van der Waals surface area contributed by atoms with Gasteiger partial charge in [-0.3, -0.25) is 9.59 Å². The van der Waals surface area contributed by atoms with Crippen molar-refractivity contribution in [3.8, 4) is 11.5 Å². The summed E-state index contributed by atoms with van der Waals surface area (Å²) in [4.78, 5) is 32.0. The largest absolute Gasteiger partial charge is 0.497 e. The number of nitrogens with zero attached hydrogens (tertiary/aromatic N) is 2. The lowest BCUT2D eigenvalue weighted by atomic mass is 10.1. The van der Waals surface area contributed by atoms with E-state index in [9.17, 15) is 9.59 Å². The van der Waals surface area contributed by atoms with E-state index in [0.717, 1.165) is 6.42 Å². The molecule has 2 heterocycles. The molecule has 1 fully saturated rings. The third kappa shape index (κ3) is 3.66. The minimum Gasteiger partial charge on any atom is -0.497 e. The number of H-pyrrole nitrogens is 1. The molecule has 0 spiro atoms. The van der Waals surface area contributed by atoms with Crippen molar-refractivity contribution in [1.29, 1.82) is 0 Å². The molecule has 7 nitrogen and oxygen atoms in total. The zero-order valence-electron chi connectivity index (χ0n) is 15.0. The van der Waals surface area contributed by atoms with E-state index in [2.05, 4.69) is 4.98 Å². The van der Waals surface area contributed by atoms with Gasteiger partial charge >= 0.3 is 0 Å². The van der Waals surface area contributed by atoms with Crippen molar-refractivity contribution < 1.29 is 19.1 Å². The maximum absolute atomic E-state index is 13.0. The van der Waals surface area contributed by atoms with Crippen molar-refractivity contribution in [3.63, 3.8) is 0 Å². The molecule has 0 atom stereocenters. The molecule has 1 aromatic heterocycles. The Morgan fingerprint density at radius 3 is 2.31 bits per heavy atom. The molecule has 0 bridgehead atoms. The Bertz CT molecular complexity index is 773. The highest BCUT2D eigenvalue weighted by atomic mass is 16.5. The lowest BCUT2D eigenvalue weighted by molar-refractivity contribution is 0.0714. The van der Waals surface area contributed by atoms with Crippen molar-refractivity contribution in [3.05, 3.63) is 47.8 Å². The summed E-state index contributed by atoms with van der Waals surface area (Å²) in [6, 6.07) is 8.74. The molecule has 1 aliphatic rings. The average molecular weight is 357 g/mol. The number of carbonyl (C=O) groups is 2. The normalized spacial score (nSPS) is 14.7. The third-order valence-electron chi connectivity index (χ3n) is 4.54. The van der Waals surface area contributed by atoms with Crippen LogP contribution in [0.25, 0.3) is 0 Å². The first kappa shape index (κ1) is 17.8. The molecule has 1 saturated heterocycles. The van der Waals surface area contributed by atoms with E-state index in [1.165, 1.54) is 7.11 Å². The van der Waals surface area contributed by atoms with Crippen LogP contribution in [0.2, 0.25) is 0 Å². The Morgan fingerprint density at radius 1 is 0.962 bits per heavy atom. The first-order valence-electron chi connectivity index (χ1n) is 8.58. The summed E-state index contributed by atoms with van der Waals surface area (Å²) in [6.45, 7) is 2.19.